The Morgan fingerprint density at radius 1 is 0.327 bits per heavy atom. The van der Waals surface area contributed by atoms with Crippen LogP contribution in [0.5, 0.6) is 0 Å². The van der Waals surface area contributed by atoms with Gasteiger partial charge >= 0.3 is 0 Å². The Bertz CT molecular complexity index is 3090. The molecule has 1 heteroatoms. The van der Waals surface area contributed by atoms with E-state index in [0.29, 0.717) is 33.2 Å². The molecule has 1 aromatic heterocycles. The highest BCUT2D eigenvalue weighted by Crippen LogP contribution is 2.44. The van der Waals surface area contributed by atoms with E-state index in [1.165, 1.54) is 0 Å². The van der Waals surface area contributed by atoms with E-state index in [2.05, 4.69) is 42.5 Å². The summed E-state index contributed by atoms with van der Waals surface area (Å²) in [6.45, 7) is 0. The minimum atomic E-state index is -0.139. The monoisotopic (exact) mass is 627 g/mol. The van der Waals surface area contributed by atoms with Gasteiger partial charge in [-0.1, -0.05) is 145 Å². The van der Waals surface area contributed by atoms with Crippen LogP contribution in [-0.4, -0.2) is 0 Å². The summed E-state index contributed by atoms with van der Waals surface area (Å²) < 4.78 is 53.3. The molecule has 0 N–H and O–H groups in total. The molecule has 0 aliphatic heterocycles. The lowest BCUT2D eigenvalue weighted by atomic mass is 9.85. The third-order valence-electron chi connectivity index (χ3n) is 9.58. The largest absolute Gasteiger partial charge is 0.456 e. The highest BCUT2D eigenvalue weighted by molar-refractivity contribution is 6.21. The average Bonchev–Trinajstić information content (AvgIpc) is 3.58. The van der Waals surface area contributed by atoms with Crippen molar-refractivity contribution >= 4 is 54.3 Å². The molecule has 0 bridgehead atoms. The standard InChI is InChI=1S/C48H30O/c1-3-11-31(12-4-1)36-23-25-45-43(29-36)44-30-37(24-26-46(44)49-45)34-19-20-35-28-38(22-21-33(35)27-34)48-41-17-9-7-15-39(41)47(32-13-5-2-6-14-32)40-16-8-10-18-42(40)48/h1-30H/i19D,20D,21D,22D,28D. The van der Waals surface area contributed by atoms with E-state index >= 15 is 0 Å². The number of furan rings is 1. The fraction of sp³-hybridized carbons (Fsp3) is 0. The SMILES string of the molecule is [2H]c1c(-c2c3ccccc3c(-c3ccccc3)c3ccccc23)c([2H])c2c([2H])c([2H])c(-c3ccc4oc5ccc(-c6ccccc6)cc5c4c3)cc2c1[2H]. The second-order valence-electron chi connectivity index (χ2n) is 12.4. The van der Waals surface area contributed by atoms with Gasteiger partial charge in [0.05, 0.1) is 6.85 Å². The average molecular weight is 628 g/mol. The van der Waals surface area contributed by atoms with Crippen LogP contribution in [0.4, 0.5) is 0 Å². The highest BCUT2D eigenvalue weighted by Gasteiger charge is 2.17. The van der Waals surface area contributed by atoms with Gasteiger partial charge in [-0.2, -0.15) is 0 Å². The van der Waals surface area contributed by atoms with E-state index in [0.717, 1.165) is 60.2 Å². The molecule has 0 saturated carbocycles. The van der Waals surface area contributed by atoms with Crippen molar-refractivity contribution in [3.8, 4) is 44.5 Å². The molecule has 0 amide bonds. The smallest absolute Gasteiger partial charge is 0.135 e. The van der Waals surface area contributed by atoms with Gasteiger partial charge in [-0.3, -0.25) is 0 Å². The Balaban J connectivity index is 1.20. The van der Waals surface area contributed by atoms with Gasteiger partial charge in [0.2, 0.25) is 0 Å². The van der Waals surface area contributed by atoms with Crippen molar-refractivity contribution in [3.05, 3.63) is 182 Å². The van der Waals surface area contributed by atoms with Crippen molar-refractivity contribution in [3.63, 3.8) is 0 Å². The summed E-state index contributed by atoms with van der Waals surface area (Å²) in [6, 6.07) is 49.6. The number of rotatable bonds is 4. The zero-order valence-electron chi connectivity index (χ0n) is 31.3. The number of fused-ring (bicyclic) bond motifs is 6. The molecule has 0 radical (unpaired) electrons. The Kier molecular flexibility index (Phi) is 5.20. The fourth-order valence-electron chi connectivity index (χ4n) is 7.28. The molecule has 1 nitrogen and oxygen atoms in total. The van der Waals surface area contributed by atoms with Crippen LogP contribution in [0, 0.1) is 0 Å². The lowest BCUT2D eigenvalue weighted by Gasteiger charge is -2.18. The van der Waals surface area contributed by atoms with Crippen LogP contribution in [0.3, 0.4) is 0 Å². The first-order valence-corrected chi connectivity index (χ1v) is 16.4. The molecule has 0 spiro atoms. The molecule has 9 aromatic carbocycles. The maximum atomic E-state index is 9.64. The predicted octanol–water partition coefficient (Wildman–Crippen LogP) is 13.7. The van der Waals surface area contributed by atoms with Crippen molar-refractivity contribution in [1.82, 2.24) is 0 Å². The van der Waals surface area contributed by atoms with Crippen molar-refractivity contribution < 1.29 is 11.3 Å². The lowest BCUT2D eigenvalue weighted by molar-refractivity contribution is 0.669. The van der Waals surface area contributed by atoms with Gasteiger partial charge < -0.3 is 4.42 Å². The molecule has 228 valence electrons. The summed E-state index contributed by atoms with van der Waals surface area (Å²) in [4.78, 5) is 0. The van der Waals surface area contributed by atoms with Crippen molar-refractivity contribution in [1.29, 1.82) is 0 Å². The van der Waals surface area contributed by atoms with Crippen molar-refractivity contribution in [2.24, 2.45) is 0 Å². The molecule has 0 aliphatic carbocycles. The normalized spacial score (nSPS) is 13.1. The van der Waals surface area contributed by atoms with E-state index in [1.54, 1.807) is 6.07 Å². The van der Waals surface area contributed by atoms with Gasteiger partial charge in [-0.05, 0) is 113 Å². The molecule has 0 fully saturated rings. The van der Waals surface area contributed by atoms with Gasteiger partial charge in [-0.25, -0.2) is 0 Å². The molecule has 10 aromatic rings. The minimum Gasteiger partial charge on any atom is -0.456 e. The fourth-order valence-corrected chi connectivity index (χ4v) is 7.28. The molecule has 0 unspecified atom stereocenters. The zero-order valence-corrected chi connectivity index (χ0v) is 26.3. The molecule has 0 saturated heterocycles. The summed E-state index contributed by atoms with van der Waals surface area (Å²) in [6.07, 6.45) is 0. The van der Waals surface area contributed by atoms with Crippen LogP contribution >= 0.6 is 0 Å². The quantitative estimate of drug-likeness (QED) is 0.177. The summed E-state index contributed by atoms with van der Waals surface area (Å²) in [5, 5.41) is 6.00. The van der Waals surface area contributed by atoms with E-state index in [9.17, 15) is 6.85 Å². The second kappa shape index (κ2) is 11.1. The van der Waals surface area contributed by atoms with E-state index in [4.69, 9.17) is 4.42 Å². The van der Waals surface area contributed by atoms with E-state index < -0.39 is 0 Å². The molecular weight excluding hydrogens is 593 g/mol. The van der Waals surface area contributed by atoms with Crippen LogP contribution in [-0.2, 0) is 0 Å². The van der Waals surface area contributed by atoms with Crippen LogP contribution in [0.15, 0.2) is 186 Å². The third kappa shape index (κ3) is 4.55. The summed E-state index contributed by atoms with van der Waals surface area (Å²) in [5.41, 5.74) is 7.89. The third-order valence-corrected chi connectivity index (χ3v) is 9.58. The molecule has 49 heavy (non-hydrogen) atoms. The van der Waals surface area contributed by atoms with Gasteiger partial charge in [0, 0.05) is 10.8 Å². The maximum absolute atomic E-state index is 9.64. The van der Waals surface area contributed by atoms with Gasteiger partial charge in [0.15, 0.2) is 0 Å². The Morgan fingerprint density at radius 2 is 0.796 bits per heavy atom. The Labute approximate surface area is 291 Å². The van der Waals surface area contributed by atoms with Crippen molar-refractivity contribution in [2.75, 3.05) is 0 Å². The summed E-state index contributed by atoms with van der Waals surface area (Å²) in [7, 11) is 0. The predicted molar refractivity (Wildman–Crippen MR) is 208 cm³/mol. The lowest BCUT2D eigenvalue weighted by Crippen LogP contribution is -1.90. The van der Waals surface area contributed by atoms with Crippen LogP contribution in [0.1, 0.15) is 6.85 Å². The second-order valence-corrected chi connectivity index (χ2v) is 12.4. The molecule has 1 heterocycles. The minimum absolute atomic E-state index is 0.0245. The van der Waals surface area contributed by atoms with Gasteiger partial charge in [0.1, 0.15) is 11.2 Å². The number of hydrogen-bond donors (Lipinski definition) is 0. The zero-order chi connectivity index (χ0) is 36.7. The highest BCUT2D eigenvalue weighted by atomic mass is 16.3. The summed E-state index contributed by atoms with van der Waals surface area (Å²) >= 11 is 0. The molecular formula is C48H30O. The topological polar surface area (TPSA) is 13.1 Å². The summed E-state index contributed by atoms with van der Waals surface area (Å²) in [5.74, 6) is 0. The van der Waals surface area contributed by atoms with Crippen molar-refractivity contribution in [2.45, 2.75) is 0 Å². The molecule has 10 rings (SSSR count). The van der Waals surface area contributed by atoms with Crippen LogP contribution in [0.25, 0.3) is 98.8 Å². The first-order valence-electron chi connectivity index (χ1n) is 18.9. The van der Waals surface area contributed by atoms with Gasteiger partial charge in [-0.15, -0.1) is 0 Å². The van der Waals surface area contributed by atoms with E-state index in [-0.39, 0.29) is 35.6 Å². The number of hydrogen-bond acceptors (Lipinski definition) is 1. The molecule has 0 atom stereocenters. The Hall–Kier alpha value is -6.44. The maximum Gasteiger partial charge on any atom is 0.135 e. The Morgan fingerprint density at radius 3 is 1.39 bits per heavy atom. The first-order chi connectivity index (χ1) is 26.4. The number of benzene rings is 9. The van der Waals surface area contributed by atoms with Crippen LogP contribution in [0.2, 0.25) is 0 Å². The van der Waals surface area contributed by atoms with Crippen LogP contribution < -0.4 is 0 Å². The first kappa shape index (κ1) is 23.0. The molecule has 0 aliphatic rings. The van der Waals surface area contributed by atoms with Gasteiger partial charge in [0.25, 0.3) is 0 Å². The van der Waals surface area contributed by atoms with E-state index in [1.807, 2.05) is 103 Å².